The van der Waals surface area contributed by atoms with E-state index in [1.54, 1.807) is 5.82 Å². The van der Waals surface area contributed by atoms with Crippen LogP contribution in [-0.2, 0) is 25.9 Å². The predicted molar refractivity (Wildman–Crippen MR) is 144 cm³/mol. The average Bonchev–Trinajstić information content (AvgIpc) is 3.22. The van der Waals surface area contributed by atoms with E-state index in [-0.39, 0.29) is 0 Å². The Morgan fingerprint density at radius 1 is 0.606 bits per heavy atom. The number of aromatic nitrogens is 2. The van der Waals surface area contributed by atoms with Crippen LogP contribution in [0.25, 0.3) is 0 Å². The van der Waals surface area contributed by atoms with Gasteiger partial charge in [0.2, 0.25) is 0 Å². The molecule has 0 saturated carbocycles. The number of imidazole rings is 1. The second kappa shape index (κ2) is 18.8. The van der Waals surface area contributed by atoms with Gasteiger partial charge < -0.3 is 0 Å². The summed E-state index contributed by atoms with van der Waals surface area (Å²) in [7, 11) is 0. The Labute approximate surface area is 205 Å². The quantitative estimate of drug-likeness (QED) is 0.132. The maximum Gasteiger partial charge on any atom is 0.256 e. The van der Waals surface area contributed by atoms with E-state index < -0.39 is 0 Å². The van der Waals surface area contributed by atoms with Gasteiger partial charge in [-0.15, -0.1) is 0 Å². The van der Waals surface area contributed by atoms with Crippen molar-refractivity contribution in [3.63, 3.8) is 0 Å². The maximum absolute atomic E-state index is 2.58. The van der Waals surface area contributed by atoms with E-state index in [4.69, 9.17) is 0 Å². The van der Waals surface area contributed by atoms with Gasteiger partial charge in [-0.1, -0.05) is 121 Å². The molecule has 186 valence electrons. The van der Waals surface area contributed by atoms with Crippen LogP contribution in [0.5, 0.6) is 0 Å². The molecule has 1 aromatic carbocycles. The van der Waals surface area contributed by atoms with Crippen LogP contribution in [-0.4, -0.2) is 4.57 Å². The first-order valence-electron chi connectivity index (χ1n) is 14.5. The highest BCUT2D eigenvalue weighted by Gasteiger charge is 2.16. The van der Waals surface area contributed by atoms with Gasteiger partial charge in [-0.05, 0) is 37.7 Å². The van der Waals surface area contributed by atoms with E-state index in [9.17, 15) is 0 Å². The number of hydrogen-bond acceptors (Lipinski definition) is 0. The molecule has 0 spiro atoms. The van der Waals surface area contributed by atoms with Crippen LogP contribution in [0, 0.1) is 0 Å². The molecule has 0 unspecified atom stereocenters. The van der Waals surface area contributed by atoms with Crippen molar-refractivity contribution >= 4 is 0 Å². The van der Waals surface area contributed by atoms with Crippen molar-refractivity contribution in [3.05, 3.63) is 54.1 Å². The van der Waals surface area contributed by atoms with Gasteiger partial charge in [-0.3, -0.25) is 0 Å². The lowest BCUT2D eigenvalue weighted by molar-refractivity contribution is -0.704. The third kappa shape index (κ3) is 12.5. The van der Waals surface area contributed by atoms with Crippen LogP contribution < -0.4 is 4.57 Å². The normalized spacial score (nSPS) is 11.3. The van der Waals surface area contributed by atoms with Crippen LogP contribution >= 0.6 is 0 Å². The first-order chi connectivity index (χ1) is 16.3. The van der Waals surface area contributed by atoms with Crippen molar-refractivity contribution in [2.24, 2.45) is 0 Å². The molecule has 2 aromatic rings. The van der Waals surface area contributed by atoms with Crippen molar-refractivity contribution in [2.75, 3.05) is 0 Å². The molecule has 0 saturated heterocycles. The predicted octanol–water partition coefficient (Wildman–Crippen LogP) is 8.84. The minimum absolute atomic E-state index is 1.14. The first kappa shape index (κ1) is 27.7. The Morgan fingerprint density at radius 3 is 1.82 bits per heavy atom. The molecule has 33 heavy (non-hydrogen) atoms. The second-order valence-electron chi connectivity index (χ2n) is 10.0. The molecule has 0 N–H and O–H groups in total. The van der Waals surface area contributed by atoms with Gasteiger partial charge in [0.25, 0.3) is 5.82 Å². The second-order valence-corrected chi connectivity index (χ2v) is 10.0. The fraction of sp³-hybridized carbons (Fsp3) is 0.710. The van der Waals surface area contributed by atoms with E-state index in [1.165, 1.54) is 128 Å². The summed E-state index contributed by atoms with van der Waals surface area (Å²) in [6.45, 7) is 6.95. The minimum Gasteiger partial charge on any atom is -0.234 e. The zero-order valence-corrected chi connectivity index (χ0v) is 22.1. The van der Waals surface area contributed by atoms with Crippen LogP contribution in [0.2, 0.25) is 0 Å². The summed E-state index contributed by atoms with van der Waals surface area (Å²) in [6.07, 6.45) is 29.3. The van der Waals surface area contributed by atoms with Gasteiger partial charge >= 0.3 is 0 Å². The topological polar surface area (TPSA) is 8.81 Å². The summed E-state index contributed by atoms with van der Waals surface area (Å²) in [5.74, 6) is 1.57. The molecule has 1 heterocycles. The number of rotatable bonds is 21. The molecule has 0 aliphatic carbocycles. The fourth-order valence-corrected chi connectivity index (χ4v) is 4.95. The molecule has 0 radical (unpaired) electrons. The van der Waals surface area contributed by atoms with Crippen LogP contribution in [0.15, 0.2) is 42.7 Å². The summed E-state index contributed by atoms with van der Waals surface area (Å²) < 4.78 is 5.14. The van der Waals surface area contributed by atoms with E-state index in [2.05, 4.69) is 65.7 Å². The minimum atomic E-state index is 1.14. The molecular weight excluding hydrogens is 400 g/mol. The average molecular weight is 454 g/mol. The summed E-state index contributed by atoms with van der Waals surface area (Å²) >= 11 is 0. The van der Waals surface area contributed by atoms with Crippen LogP contribution in [0.1, 0.15) is 128 Å². The number of hydrogen-bond donors (Lipinski definition) is 0. The number of benzene rings is 1. The monoisotopic (exact) mass is 453 g/mol. The summed E-state index contributed by atoms with van der Waals surface area (Å²) in [5, 5.41) is 0. The SMILES string of the molecule is CCCCCCCCCCCc1n(CCCCCCCC)cc[n+]1CCCc1ccccc1. The number of unbranched alkanes of at least 4 members (excludes halogenated alkanes) is 13. The molecule has 0 fully saturated rings. The zero-order valence-electron chi connectivity index (χ0n) is 22.1. The third-order valence-corrected chi connectivity index (χ3v) is 7.05. The lowest BCUT2D eigenvalue weighted by Crippen LogP contribution is -2.37. The van der Waals surface area contributed by atoms with Gasteiger partial charge in [0.1, 0.15) is 12.4 Å². The van der Waals surface area contributed by atoms with E-state index in [1.807, 2.05) is 0 Å². The lowest BCUT2D eigenvalue weighted by atomic mass is 10.1. The fourth-order valence-electron chi connectivity index (χ4n) is 4.95. The zero-order chi connectivity index (χ0) is 23.4. The first-order valence-corrected chi connectivity index (χ1v) is 14.5. The summed E-state index contributed by atoms with van der Waals surface area (Å²) in [5.41, 5.74) is 1.46. The highest BCUT2D eigenvalue weighted by Crippen LogP contribution is 2.13. The number of aryl methyl sites for hydroxylation is 3. The molecule has 0 atom stereocenters. The van der Waals surface area contributed by atoms with E-state index in [0.717, 1.165) is 6.54 Å². The Morgan fingerprint density at radius 2 is 1.18 bits per heavy atom. The van der Waals surface area contributed by atoms with Crippen molar-refractivity contribution in [3.8, 4) is 0 Å². The molecule has 2 nitrogen and oxygen atoms in total. The third-order valence-electron chi connectivity index (χ3n) is 7.05. The lowest BCUT2D eigenvalue weighted by Gasteiger charge is -2.07. The van der Waals surface area contributed by atoms with Gasteiger partial charge in [0.05, 0.1) is 13.1 Å². The molecule has 0 bridgehead atoms. The van der Waals surface area contributed by atoms with Crippen LogP contribution in [0.4, 0.5) is 0 Å². The Hall–Kier alpha value is -1.57. The Balaban J connectivity index is 1.77. The molecule has 0 aliphatic rings. The molecule has 0 amide bonds. The van der Waals surface area contributed by atoms with Crippen molar-refractivity contribution in [2.45, 2.75) is 143 Å². The molecule has 2 heteroatoms. The highest BCUT2D eigenvalue weighted by atomic mass is 15.1. The molecule has 0 aliphatic heterocycles. The summed E-state index contributed by atoms with van der Waals surface area (Å²) in [6, 6.07) is 11.0. The smallest absolute Gasteiger partial charge is 0.234 e. The highest BCUT2D eigenvalue weighted by molar-refractivity contribution is 5.14. The van der Waals surface area contributed by atoms with E-state index >= 15 is 0 Å². The number of nitrogens with zero attached hydrogens (tertiary/aromatic N) is 2. The molecule has 1 aromatic heterocycles. The van der Waals surface area contributed by atoms with Crippen molar-refractivity contribution < 1.29 is 4.57 Å². The van der Waals surface area contributed by atoms with Crippen molar-refractivity contribution in [1.82, 2.24) is 4.57 Å². The standard InChI is InChI=1S/C31H53N2/c1-3-5-7-9-11-12-13-14-19-25-31-32(26-20-15-10-8-6-4-2)28-29-33(31)27-21-24-30-22-17-16-18-23-30/h16-18,22-23,28-29H,3-15,19-21,24-27H2,1-2H3/q+1. The van der Waals surface area contributed by atoms with Crippen LogP contribution in [0.3, 0.4) is 0 Å². The van der Waals surface area contributed by atoms with Gasteiger partial charge in [-0.25, -0.2) is 9.13 Å². The Kier molecular flexibility index (Phi) is 15.8. The van der Waals surface area contributed by atoms with Crippen molar-refractivity contribution in [1.29, 1.82) is 0 Å². The van der Waals surface area contributed by atoms with Gasteiger partial charge in [0.15, 0.2) is 0 Å². The molecular formula is C31H53N2+. The maximum atomic E-state index is 2.58. The van der Waals surface area contributed by atoms with Gasteiger partial charge in [-0.2, -0.15) is 0 Å². The molecule has 2 rings (SSSR count). The largest absolute Gasteiger partial charge is 0.256 e. The van der Waals surface area contributed by atoms with Gasteiger partial charge in [0, 0.05) is 6.42 Å². The van der Waals surface area contributed by atoms with E-state index in [0.29, 0.717) is 0 Å². The summed E-state index contributed by atoms with van der Waals surface area (Å²) in [4.78, 5) is 0. The Bertz CT molecular complexity index is 688.